The van der Waals surface area contributed by atoms with Gasteiger partial charge in [0.25, 0.3) is 5.91 Å². The van der Waals surface area contributed by atoms with Gasteiger partial charge in [-0.2, -0.15) is 9.78 Å². The van der Waals surface area contributed by atoms with E-state index >= 15 is 0 Å². The van der Waals surface area contributed by atoms with Crippen LogP contribution < -0.4 is 19.5 Å². The van der Waals surface area contributed by atoms with Crippen LogP contribution in [0.15, 0.2) is 91.0 Å². The summed E-state index contributed by atoms with van der Waals surface area (Å²) in [5, 5.41) is 8.38. The van der Waals surface area contributed by atoms with E-state index < -0.39 is 5.97 Å². The molecule has 212 valence electrons. The number of nitrogens with zero attached hydrogens (tertiary/aromatic N) is 2. The normalized spacial score (nSPS) is 10.7. The number of hydrogen-bond acceptors (Lipinski definition) is 6. The Morgan fingerprint density at radius 3 is 2.17 bits per heavy atom. The van der Waals surface area contributed by atoms with Crippen molar-refractivity contribution in [3.05, 3.63) is 107 Å². The van der Waals surface area contributed by atoms with E-state index in [4.69, 9.17) is 30.9 Å². The lowest BCUT2D eigenvalue weighted by Gasteiger charge is -2.11. The fourth-order valence-corrected chi connectivity index (χ4v) is 4.66. The zero-order chi connectivity index (χ0) is 29.8. The van der Waals surface area contributed by atoms with Gasteiger partial charge in [0, 0.05) is 28.8 Å². The predicted octanol–water partition coefficient (Wildman–Crippen LogP) is 7.36. The molecule has 0 aliphatic heterocycles. The third-order valence-electron chi connectivity index (χ3n) is 6.52. The molecule has 1 heterocycles. The molecular weight excluding hydrogens is 554 g/mol. The Hall–Kier alpha value is -5.08. The molecule has 0 spiro atoms. The SMILES string of the molecule is COc1ccc(-c2nn(-c3cccc(C)c3)c(OC(C)=O)c2-c2ccc(NC(=O)c3ccc(Cl)cc3)cc2)cc1OC. The molecule has 4 aromatic carbocycles. The minimum atomic E-state index is -0.490. The second-order valence-electron chi connectivity index (χ2n) is 9.48. The van der Waals surface area contributed by atoms with Crippen molar-refractivity contribution in [2.75, 3.05) is 19.5 Å². The molecule has 0 saturated heterocycles. The van der Waals surface area contributed by atoms with Crippen molar-refractivity contribution in [1.29, 1.82) is 0 Å². The minimum Gasteiger partial charge on any atom is -0.493 e. The Bertz CT molecular complexity index is 1760. The van der Waals surface area contributed by atoms with Crippen molar-refractivity contribution < 1.29 is 23.8 Å². The highest BCUT2D eigenvalue weighted by Crippen LogP contribution is 2.43. The van der Waals surface area contributed by atoms with Gasteiger partial charge in [-0.1, -0.05) is 35.9 Å². The number of hydrogen-bond donors (Lipinski definition) is 1. The van der Waals surface area contributed by atoms with Gasteiger partial charge >= 0.3 is 5.97 Å². The Morgan fingerprint density at radius 1 is 0.833 bits per heavy atom. The molecule has 0 aliphatic carbocycles. The van der Waals surface area contributed by atoms with Crippen LogP contribution >= 0.6 is 11.6 Å². The summed E-state index contributed by atoms with van der Waals surface area (Å²) in [5.74, 6) is 0.604. The summed E-state index contributed by atoms with van der Waals surface area (Å²) in [6, 6.07) is 27.1. The quantitative estimate of drug-likeness (QED) is 0.192. The average Bonchev–Trinajstić information content (AvgIpc) is 3.35. The Balaban J connectivity index is 1.64. The van der Waals surface area contributed by atoms with E-state index in [2.05, 4.69) is 5.32 Å². The van der Waals surface area contributed by atoms with Crippen LogP contribution in [0, 0.1) is 6.92 Å². The van der Waals surface area contributed by atoms with Crippen LogP contribution in [0.4, 0.5) is 5.69 Å². The standard InChI is InChI=1S/C33H28ClN3O5/c1-20-6-5-7-27(18-20)37-33(42-21(2)38)30(31(36-37)24-12-17-28(40-3)29(19-24)41-4)22-10-15-26(16-11-22)35-32(39)23-8-13-25(34)14-9-23/h5-19H,1-4H3,(H,35,39). The molecule has 5 aromatic rings. The van der Waals surface area contributed by atoms with E-state index in [1.54, 1.807) is 61.4 Å². The van der Waals surface area contributed by atoms with Crippen molar-refractivity contribution >= 4 is 29.2 Å². The van der Waals surface area contributed by atoms with Crippen LogP contribution in [0.2, 0.25) is 5.02 Å². The predicted molar refractivity (Wildman–Crippen MR) is 163 cm³/mol. The summed E-state index contributed by atoms with van der Waals surface area (Å²) in [5.41, 5.74) is 5.42. The average molecular weight is 582 g/mol. The van der Waals surface area contributed by atoms with Crippen molar-refractivity contribution in [3.8, 4) is 45.5 Å². The number of esters is 1. The number of methoxy groups -OCH3 is 2. The molecule has 8 nitrogen and oxygen atoms in total. The molecule has 0 fully saturated rings. The van der Waals surface area contributed by atoms with Gasteiger partial charge in [-0.05, 0) is 84.8 Å². The molecule has 0 radical (unpaired) electrons. The number of halogens is 1. The third-order valence-corrected chi connectivity index (χ3v) is 6.78. The molecule has 1 N–H and O–H groups in total. The molecule has 1 amide bonds. The van der Waals surface area contributed by atoms with E-state index in [-0.39, 0.29) is 11.8 Å². The minimum absolute atomic E-state index is 0.260. The van der Waals surface area contributed by atoms with Gasteiger partial charge in [-0.15, -0.1) is 0 Å². The number of carbonyl (C=O) groups excluding carboxylic acids is 2. The lowest BCUT2D eigenvalue weighted by Crippen LogP contribution is -2.11. The fraction of sp³-hybridized carbons (Fsp3) is 0.121. The van der Waals surface area contributed by atoms with E-state index in [0.717, 1.165) is 22.4 Å². The summed E-state index contributed by atoms with van der Waals surface area (Å²) in [6.45, 7) is 3.33. The van der Waals surface area contributed by atoms with Gasteiger partial charge < -0.3 is 19.5 Å². The number of aromatic nitrogens is 2. The summed E-state index contributed by atoms with van der Waals surface area (Å²) >= 11 is 5.95. The van der Waals surface area contributed by atoms with E-state index in [9.17, 15) is 9.59 Å². The van der Waals surface area contributed by atoms with Crippen LogP contribution in [0.5, 0.6) is 17.4 Å². The Kier molecular flexibility index (Phi) is 8.26. The maximum atomic E-state index is 12.7. The van der Waals surface area contributed by atoms with Crippen molar-refractivity contribution in [2.24, 2.45) is 0 Å². The highest BCUT2D eigenvalue weighted by atomic mass is 35.5. The molecule has 0 unspecified atom stereocenters. The molecule has 0 aliphatic rings. The first-order chi connectivity index (χ1) is 20.3. The van der Waals surface area contributed by atoms with Crippen LogP contribution in [0.25, 0.3) is 28.1 Å². The largest absolute Gasteiger partial charge is 0.493 e. The lowest BCUT2D eigenvalue weighted by molar-refractivity contribution is -0.132. The summed E-state index contributed by atoms with van der Waals surface area (Å²) in [7, 11) is 3.14. The van der Waals surface area contributed by atoms with Crippen molar-refractivity contribution in [3.63, 3.8) is 0 Å². The first-order valence-corrected chi connectivity index (χ1v) is 13.4. The van der Waals surface area contributed by atoms with Gasteiger partial charge in [-0.25, -0.2) is 0 Å². The Morgan fingerprint density at radius 2 is 1.52 bits per heavy atom. The molecule has 5 rings (SSSR count). The molecule has 0 bridgehead atoms. The van der Waals surface area contributed by atoms with Crippen LogP contribution in [-0.4, -0.2) is 35.9 Å². The van der Waals surface area contributed by atoms with Gasteiger partial charge in [0.1, 0.15) is 5.69 Å². The Labute approximate surface area is 248 Å². The first-order valence-electron chi connectivity index (χ1n) is 13.1. The molecule has 0 atom stereocenters. The number of anilines is 1. The number of nitrogens with one attached hydrogen (secondary N) is 1. The van der Waals surface area contributed by atoms with Gasteiger partial charge in [0.05, 0.1) is 25.5 Å². The maximum Gasteiger partial charge on any atom is 0.309 e. The number of amides is 1. The van der Waals surface area contributed by atoms with Crippen LogP contribution in [-0.2, 0) is 4.79 Å². The lowest BCUT2D eigenvalue weighted by atomic mass is 10.0. The molecule has 42 heavy (non-hydrogen) atoms. The van der Waals surface area contributed by atoms with Crippen molar-refractivity contribution in [2.45, 2.75) is 13.8 Å². The number of carbonyl (C=O) groups is 2. The summed E-state index contributed by atoms with van der Waals surface area (Å²) < 4.78 is 18.4. The van der Waals surface area contributed by atoms with E-state index in [1.807, 2.05) is 55.5 Å². The highest BCUT2D eigenvalue weighted by Gasteiger charge is 2.25. The number of rotatable bonds is 8. The smallest absolute Gasteiger partial charge is 0.309 e. The molecule has 0 saturated carbocycles. The third kappa shape index (κ3) is 5.99. The number of ether oxygens (including phenoxy) is 3. The van der Waals surface area contributed by atoms with Gasteiger partial charge in [0.2, 0.25) is 5.88 Å². The second kappa shape index (κ2) is 12.2. The van der Waals surface area contributed by atoms with Gasteiger partial charge in [-0.3, -0.25) is 9.59 Å². The molecule has 9 heteroatoms. The summed E-state index contributed by atoms with van der Waals surface area (Å²) in [4.78, 5) is 25.1. The topological polar surface area (TPSA) is 91.7 Å². The number of aryl methyl sites for hydroxylation is 1. The van der Waals surface area contributed by atoms with Gasteiger partial charge in [0.15, 0.2) is 11.5 Å². The maximum absolute atomic E-state index is 12.7. The fourth-order valence-electron chi connectivity index (χ4n) is 4.54. The molecule has 1 aromatic heterocycles. The highest BCUT2D eigenvalue weighted by molar-refractivity contribution is 6.30. The first kappa shape index (κ1) is 28.4. The zero-order valence-electron chi connectivity index (χ0n) is 23.5. The van der Waals surface area contributed by atoms with Crippen molar-refractivity contribution in [1.82, 2.24) is 9.78 Å². The second-order valence-corrected chi connectivity index (χ2v) is 9.92. The monoisotopic (exact) mass is 581 g/mol. The van der Waals surface area contributed by atoms with E-state index in [1.165, 1.54) is 6.92 Å². The van der Waals surface area contributed by atoms with Crippen LogP contribution in [0.1, 0.15) is 22.8 Å². The summed E-state index contributed by atoms with van der Waals surface area (Å²) in [6.07, 6.45) is 0. The number of benzene rings is 4. The molecular formula is C33H28ClN3O5. The van der Waals surface area contributed by atoms with E-state index in [0.29, 0.717) is 39.0 Å². The zero-order valence-corrected chi connectivity index (χ0v) is 24.2. The van der Waals surface area contributed by atoms with Crippen LogP contribution in [0.3, 0.4) is 0 Å².